The molecule has 7 nitrogen and oxygen atoms in total. The van der Waals surface area contributed by atoms with Gasteiger partial charge in [0.1, 0.15) is 18.3 Å². The topological polar surface area (TPSA) is 110 Å². The van der Waals surface area contributed by atoms with E-state index in [0.29, 0.717) is 18.9 Å². The van der Waals surface area contributed by atoms with Gasteiger partial charge in [-0.1, -0.05) is 13.8 Å². The number of aliphatic hydroxyl groups is 4. The molecule has 2 fully saturated rings. The number of rotatable bonds is 4. The van der Waals surface area contributed by atoms with E-state index in [4.69, 9.17) is 4.74 Å². The van der Waals surface area contributed by atoms with E-state index in [0.717, 1.165) is 6.42 Å². The quantitative estimate of drug-likeness (QED) is 0.513. The molecule has 0 bridgehead atoms. The molecule has 2 aliphatic heterocycles. The highest BCUT2D eigenvalue weighted by atomic mass is 16.6. The zero-order chi connectivity index (χ0) is 15.8. The summed E-state index contributed by atoms with van der Waals surface area (Å²) in [6.45, 7) is 4.20. The van der Waals surface area contributed by atoms with Gasteiger partial charge in [0, 0.05) is 13.0 Å². The maximum absolute atomic E-state index is 12.0. The van der Waals surface area contributed by atoms with E-state index in [1.165, 1.54) is 4.90 Å². The van der Waals surface area contributed by atoms with Crippen molar-refractivity contribution in [3.63, 3.8) is 0 Å². The van der Waals surface area contributed by atoms with Crippen LogP contribution in [0.4, 0.5) is 0 Å². The summed E-state index contributed by atoms with van der Waals surface area (Å²) in [7, 11) is 0. The molecule has 122 valence electrons. The Kier molecular flexibility index (Phi) is 4.89. The van der Waals surface area contributed by atoms with Gasteiger partial charge in [-0.05, 0) is 18.3 Å². The average molecular weight is 303 g/mol. The molecular formula is C14H25NO6. The number of β-amino-alcohol motifs (C(OH)–C–C–N with tert-alkyl or cyclic N) is 1. The van der Waals surface area contributed by atoms with Crippen molar-refractivity contribution in [2.45, 2.75) is 50.8 Å². The molecule has 2 rings (SSSR count). The van der Waals surface area contributed by atoms with Crippen LogP contribution >= 0.6 is 0 Å². The van der Waals surface area contributed by atoms with E-state index in [9.17, 15) is 25.2 Å². The number of carbonyl (C=O) groups is 1. The van der Waals surface area contributed by atoms with Crippen LogP contribution in [-0.4, -0.2) is 75.0 Å². The van der Waals surface area contributed by atoms with E-state index in [1.54, 1.807) is 0 Å². The molecule has 0 aromatic carbocycles. The van der Waals surface area contributed by atoms with Crippen molar-refractivity contribution < 1.29 is 30.0 Å². The largest absolute Gasteiger partial charge is 0.388 e. The van der Waals surface area contributed by atoms with Crippen molar-refractivity contribution in [1.29, 1.82) is 0 Å². The van der Waals surface area contributed by atoms with Gasteiger partial charge in [-0.3, -0.25) is 4.79 Å². The van der Waals surface area contributed by atoms with Crippen LogP contribution in [0.1, 0.15) is 26.7 Å². The molecule has 7 heteroatoms. The fourth-order valence-corrected chi connectivity index (χ4v) is 3.13. The van der Waals surface area contributed by atoms with E-state index < -0.39 is 24.1 Å². The number of hydrogen-bond donors (Lipinski definition) is 4. The minimum atomic E-state index is -2.04. The fraction of sp³-hybridized carbons (Fsp3) is 0.929. The number of hydrogen-bond acceptors (Lipinski definition) is 6. The second-order valence-electron chi connectivity index (χ2n) is 6.63. The Labute approximate surface area is 124 Å². The molecule has 21 heavy (non-hydrogen) atoms. The molecule has 0 aromatic heterocycles. The Morgan fingerprint density at radius 1 is 1.38 bits per heavy atom. The third-order valence-corrected chi connectivity index (χ3v) is 4.20. The van der Waals surface area contributed by atoms with Gasteiger partial charge in [-0.15, -0.1) is 0 Å². The minimum Gasteiger partial charge on any atom is -0.388 e. The lowest BCUT2D eigenvalue weighted by molar-refractivity contribution is -0.323. The standard InChI is InChI=1S/C14H25NO6/c1-8(2)3-9-4-11(17)15(5-9)7-14(20)13(19)12(18)10(16)6-21-14/h8-10,12-13,16,18-20H,3-7H2,1-2H3/t9-,10+,12+,13-,14+/m1/s1. The van der Waals surface area contributed by atoms with Gasteiger partial charge in [0.05, 0.1) is 13.2 Å². The predicted octanol–water partition coefficient (Wildman–Crippen LogP) is -1.32. The molecule has 0 saturated carbocycles. The first-order chi connectivity index (χ1) is 9.73. The maximum atomic E-state index is 12.0. The van der Waals surface area contributed by atoms with Gasteiger partial charge in [-0.2, -0.15) is 0 Å². The van der Waals surface area contributed by atoms with Gasteiger partial charge in [-0.25, -0.2) is 0 Å². The van der Waals surface area contributed by atoms with Gasteiger partial charge < -0.3 is 30.1 Å². The molecule has 5 atom stereocenters. The number of amides is 1. The van der Waals surface area contributed by atoms with Crippen LogP contribution in [-0.2, 0) is 9.53 Å². The predicted molar refractivity (Wildman–Crippen MR) is 73.1 cm³/mol. The summed E-state index contributed by atoms with van der Waals surface area (Å²) in [5.74, 6) is -1.41. The highest BCUT2D eigenvalue weighted by Crippen LogP contribution is 2.29. The summed E-state index contributed by atoms with van der Waals surface area (Å²) in [6, 6.07) is 0. The van der Waals surface area contributed by atoms with Crippen molar-refractivity contribution in [2.24, 2.45) is 11.8 Å². The Balaban J connectivity index is 1.99. The number of aliphatic hydroxyl groups excluding tert-OH is 3. The highest BCUT2D eigenvalue weighted by Gasteiger charge is 2.50. The lowest BCUT2D eigenvalue weighted by atomic mass is 9.96. The zero-order valence-electron chi connectivity index (χ0n) is 12.5. The lowest BCUT2D eigenvalue weighted by Crippen LogP contribution is -2.64. The van der Waals surface area contributed by atoms with Crippen LogP contribution < -0.4 is 0 Å². The van der Waals surface area contributed by atoms with Crippen molar-refractivity contribution in [3.05, 3.63) is 0 Å². The third-order valence-electron chi connectivity index (χ3n) is 4.20. The summed E-state index contributed by atoms with van der Waals surface area (Å²) in [4.78, 5) is 13.5. The van der Waals surface area contributed by atoms with Crippen molar-refractivity contribution in [3.8, 4) is 0 Å². The minimum absolute atomic E-state index is 0.0921. The summed E-state index contributed by atoms with van der Waals surface area (Å²) in [5, 5.41) is 39.3. The van der Waals surface area contributed by atoms with Crippen LogP contribution in [0.2, 0.25) is 0 Å². The molecule has 2 heterocycles. The summed E-state index contributed by atoms with van der Waals surface area (Å²) in [6.07, 6.45) is -3.05. The Bertz CT molecular complexity index is 390. The molecule has 4 N–H and O–H groups in total. The van der Waals surface area contributed by atoms with Gasteiger partial charge in [0.15, 0.2) is 0 Å². The van der Waals surface area contributed by atoms with Crippen LogP contribution in [0.3, 0.4) is 0 Å². The first-order valence-electron chi connectivity index (χ1n) is 7.41. The van der Waals surface area contributed by atoms with Gasteiger partial charge in [0.25, 0.3) is 0 Å². The molecule has 0 radical (unpaired) electrons. The number of nitrogens with zero attached hydrogens (tertiary/aromatic N) is 1. The molecule has 0 aliphatic carbocycles. The Morgan fingerprint density at radius 3 is 2.67 bits per heavy atom. The normalized spacial score (nSPS) is 41.1. The van der Waals surface area contributed by atoms with Crippen molar-refractivity contribution in [1.82, 2.24) is 4.90 Å². The Morgan fingerprint density at radius 2 is 2.05 bits per heavy atom. The molecule has 0 aromatic rings. The van der Waals surface area contributed by atoms with Crippen LogP contribution in [0.5, 0.6) is 0 Å². The highest BCUT2D eigenvalue weighted by molar-refractivity contribution is 5.78. The van der Waals surface area contributed by atoms with Crippen LogP contribution in [0.15, 0.2) is 0 Å². The van der Waals surface area contributed by atoms with E-state index in [1.807, 2.05) is 0 Å². The Hall–Kier alpha value is -0.730. The summed E-state index contributed by atoms with van der Waals surface area (Å²) >= 11 is 0. The first kappa shape index (κ1) is 16.6. The second-order valence-corrected chi connectivity index (χ2v) is 6.63. The summed E-state index contributed by atoms with van der Waals surface area (Å²) in [5.41, 5.74) is 0. The molecule has 0 spiro atoms. The van der Waals surface area contributed by atoms with E-state index in [2.05, 4.69) is 13.8 Å². The summed E-state index contributed by atoms with van der Waals surface area (Å²) < 4.78 is 5.09. The van der Waals surface area contributed by atoms with Crippen LogP contribution in [0, 0.1) is 11.8 Å². The molecule has 0 unspecified atom stereocenters. The lowest BCUT2D eigenvalue weighted by Gasteiger charge is -2.43. The fourth-order valence-electron chi connectivity index (χ4n) is 3.13. The van der Waals surface area contributed by atoms with Gasteiger partial charge >= 0.3 is 0 Å². The van der Waals surface area contributed by atoms with E-state index >= 15 is 0 Å². The number of carbonyl (C=O) groups excluding carboxylic acids is 1. The molecule has 2 saturated heterocycles. The average Bonchev–Trinajstić information content (AvgIpc) is 2.71. The number of ether oxygens (including phenoxy) is 1. The first-order valence-corrected chi connectivity index (χ1v) is 7.41. The molecule has 1 amide bonds. The van der Waals surface area contributed by atoms with Crippen molar-refractivity contribution >= 4 is 5.91 Å². The second kappa shape index (κ2) is 6.18. The zero-order valence-corrected chi connectivity index (χ0v) is 12.5. The smallest absolute Gasteiger partial charge is 0.223 e. The van der Waals surface area contributed by atoms with Gasteiger partial charge in [0.2, 0.25) is 11.7 Å². The van der Waals surface area contributed by atoms with E-state index in [-0.39, 0.29) is 25.0 Å². The molecular weight excluding hydrogens is 278 g/mol. The SMILES string of the molecule is CC(C)C[C@@H]1CC(=O)N(C[C@]2(O)OC[C@H](O)[C@H](O)[C@H]2O)C1. The van der Waals surface area contributed by atoms with Crippen molar-refractivity contribution in [2.75, 3.05) is 19.7 Å². The monoisotopic (exact) mass is 303 g/mol. The third kappa shape index (κ3) is 3.54. The number of likely N-dealkylation sites (tertiary alicyclic amines) is 1. The molecule has 2 aliphatic rings. The maximum Gasteiger partial charge on any atom is 0.223 e. The van der Waals surface area contributed by atoms with Crippen LogP contribution in [0.25, 0.3) is 0 Å².